The molecule has 2 fully saturated rings. The lowest BCUT2D eigenvalue weighted by Crippen LogP contribution is -2.46. The van der Waals surface area contributed by atoms with Crippen LogP contribution in [-0.2, 0) is 4.74 Å². The van der Waals surface area contributed by atoms with E-state index in [1.807, 2.05) is 0 Å². The van der Waals surface area contributed by atoms with E-state index in [0.717, 1.165) is 32.2 Å². The molecule has 0 aromatic heterocycles. The van der Waals surface area contributed by atoms with E-state index in [-0.39, 0.29) is 6.04 Å². The monoisotopic (exact) mass is 222 g/mol. The molecule has 0 amide bonds. The lowest BCUT2D eigenvalue weighted by atomic mass is 10.0. The molecule has 3 nitrogen and oxygen atoms in total. The van der Waals surface area contributed by atoms with E-state index < -0.39 is 0 Å². The molecule has 3 heteroatoms. The maximum atomic E-state index is 5.67. The van der Waals surface area contributed by atoms with Crippen molar-refractivity contribution in [2.45, 2.75) is 38.4 Å². The Bertz CT molecular complexity index is 266. The summed E-state index contributed by atoms with van der Waals surface area (Å²) in [5.41, 5.74) is 0. The third-order valence-corrected chi connectivity index (χ3v) is 3.41. The van der Waals surface area contributed by atoms with Crippen LogP contribution < -0.4 is 5.32 Å². The number of rotatable bonds is 4. The second kappa shape index (κ2) is 5.18. The summed E-state index contributed by atoms with van der Waals surface area (Å²) in [5, 5.41) is 3.52. The summed E-state index contributed by atoms with van der Waals surface area (Å²) in [6.45, 7) is 8.11. The minimum atomic E-state index is 0.257. The molecule has 2 saturated heterocycles. The van der Waals surface area contributed by atoms with Crippen LogP contribution in [-0.4, -0.2) is 49.3 Å². The van der Waals surface area contributed by atoms with Crippen LogP contribution >= 0.6 is 0 Å². The molecule has 90 valence electrons. The van der Waals surface area contributed by atoms with Crippen molar-refractivity contribution >= 4 is 0 Å². The second-order valence-electron chi connectivity index (χ2n) is 5.19. The Morgan fingerprint density at radius 1 is 1.44 bits per heavy atom. The van der Waals surface area contributed by atoms with E-state index in [4.69, 9.17) is 11.2 Å². The number of nitrogens with one attached hydrogen (secondary N) is 1. The first-order valence-corrected chi connectivity index (χ1v) is 6.26. The summed E-state index contributed by atoms with van der Waals surface area (Å²) in [4.78, 5) is 2.38. The number of morpholine rings is 1. The SMILES string of the molecule is C#C[C@@H]([C@@H]1N[C@H]1CC(C)C)N1CCOCC1. The van der Waals surface area contributed by atoms with Crippen molar-refractivity contribution in [3.05, 3.63) is 0 Å². The Morgan fingerprint density at radius 2 is 2.12 bits per heavy atom. The average Bonchev–Trinajstić information content (AvgIpc) is 2.99. The highest BCUT2D eigenvalue weighted by atomic mass is 16.5. The fraction of sp³-hybridized carbons (Fsp3) is 0.846. The molecule has 0 unspecified atom stereocenters. The molecule has 0 aliphatic carbocycles. The van der Waals surface area contributed by atoms with Gasteiger partial charge in [0.1, 0.15) is 0 Å². The molecule has 2 aliphatic rings. The van der Waals surface area contributed by atoms with Crippen LogP contribution in [0.2, 0.25) is 0 Å². The zero-order valence-corrected chi connectivity index (χ0v) is 10.3. The maximum Gasteiger partial charge on any atom is 0.0884 e. The van der Waals surface area contributed by atoms with Crippen molar-refractivity contribution in [3.63, 3.8) is 0 Å². The first kappa shape index (κ1) is 11.9. The molecule has 16 heavy (non-hydrogen) atoms. The summed E-state index contributed by atoms with van der Waals surface area (Å²) in [7, 11) is 0. The molecule has 0 aromatic rings. The van der Waals surface area contributed by atoms with Gasteiger partial charge in [-0.2, -0.15) is 0 Å². The quantitative estimate of drug-likeness (QED) is 0.562. The number of hydrogen-bond donors (Lipinski definition) is 1. The van der Waals surface area contributed by atoms with Gasteiger partial charge in [0.15, 0.2) is 0 Å². The Balaban J connectivity index is 1.85. The fourth-order valence-electron chi connectivity index (χ4n) is 2.52. The van der Waals surface area contributed by atoms with Gasteiger partial charge in [-0.1, -0.05) is 19.8 Å². The number of terminal acetylenes is 1. The van der Waals surface area contributed by atoms with Crippen LogP contribution in [0, 0.1) is 18.3 Å². The van der Waals surface area contributed by atoms with Crippen LogP contribution in [0.25, 0.3) is 0 Å². The normalized spacial score (nSPS) is 32.4. The van der Waals surface area contributed by atoms with E-state index in [0.29, 0.717) is 12.1 Å². The first-order chi connectivity index (χ1) is 7.72. The van der Waals surface area contributed by atoms with Gasteiger partial charge in [0.2, 0.25) is 0 Å². The Kier molecular flexibility index (Phi) is 3.86. The average molecular weight is 222 g/mol. The molecule has 2 aliphatic heterocycles. The molecular weight excluding hydrogens is 200 g/mol. The van der Waals surface area contributed by atoms with Gasteiger partial charge in [-0.25, -0.2) is 0 Å². The van der Waals surface area contributed by atoms with E-state index in [9.17, 15) is 0 Å². The summed E-state index contributed by atoms with van der Waals surface area (Å²) in [5.74, 6) is 3.69. The first-order valence-electron chi connectivity index (χ1n) is 6.26. The zero-order chi connectivity index (χ0) is 11.5. The van der Waals surface area contributed by atoms with Gasteiger partial charge >= 0.3 is 0 Å². The van der Waals surface area contributed by atoms with E-state index in [2.05, 4.69) is 30.0 Å². The highest BCUT2D eigenvalue weighted by molar-refractivity contribution is 5.17. The van der Waals surface area contributed by atoms with Crippen LogP contribution in [0.1, 0.15) is 20.3 Å². The number of nitrogens with zero attached hydrogens (tertiary/aromatic N) is 1. The predicted octanol–water partition coefficient (Wildman–Crippen LogP) is 0.707. The van der Waals surface area contributed by atoms with Gasteiger partial charge in [-0.3, -0.25) is 4.90 Å². The van der Waals surface area contributed by atoms with Crippen molar-refractivity contribution in [1.29, 1.82) is 0 Å². The molecule has 1 N–H and O–H groups in total. The molecule has 3 atom stereocenters. The molecule has 0 bridgehead atoms. The lowest BCUT2D eigenvalue weighted by molar-refractivity contribution is 0.0267. The predicted molar refractivity (Wildman–Crippen MR) is 65.2 cm³/mol. The van der Waals surface area contributed by atoms with Crippen LogP contribution in [0.15, 0.2) is 0 Å². The highest BCUT2D eigenvalue weighted by Crippen LogP contribution is 2.25. The fourth-order valence-corrected chi connectivity index (χ4v) is 2.52. The molecule has 2 heterocycles. The van der Waals surface area contributed by atoms with E-state index in [1.54, 1.807) is 0 Å². The zero-order valence-electron chi connectivity index (χ0n) is 10.3. The van der Waals surface area contributed by atoms with Gasteiger partial charge in [-0.15, -0.1) is 6.42 Å². The lowest BCUT2D eigenvalue weighted by Gasteiger charge is -2.31. The molecule has 2 rings (SSSR count). The molecule has 0 saturated carbocycles. The summed E-state index contributed by atoms with van der Waals surface area (Å²) >= 11 is 0. The third-order valence-electron chi connectivity index (χ3n) is 3.41. The van der Waals surface area contributed by atoms with Gasteiger partial charge < -0.3 is 10.1 Å². The summed E-state index contributed by atoms with van der Waals surface area (Å²) in [6, 6.07) is 1.39. The van der Waals surface area contributed by atoms with Gasteiger partial charge in [0, 0.05) is 25.2 Å². The summed E-state index contributed by atoms with van der Waals surface area (Å²) in [6.07, 6.45) is 6.89. The van der Waals surface area contributed by atoms with Crippen molar-refractivity contribution in [2.75, 3.05) is 26.3 Å². The number of ether oxygens (including phenoxy) is 1. The third kappa shape index (κ3) is 2.76. The van der Waals surface area contributed by atoms with E-state index >= 15 is 0 Å². The van der Waals surface area contributed by atoms with Crippen LogP contribution in [0.4, 0.5) is 0 Å². The number of hydrogen-bond acceptors (Lipinski definition) is 3. The Hall–Kier alpha value is -0.560. The highest BCUT2D eigenvalue weighted by Gasteiger charge is 2.44. The molecule has 0 spiro atoms. The van der Waals surface area contributed by atoms with Gasteiger partial charge in [0.25, 0.3) is 0 Å². The Labute approximate surface area is 98.5 Å². The molecule has 0 aromatic carbocycles. The molecule has 0 radical (unpaired) electrons. The van der Waals surface area contributed by atoms with Gasteiger partial charge in [-0.05, 0) is 12.3 Å². The minimum absolute atomic E-state index is 0.257. The minimum Gasteiger partial charge on any atom is -0.379 e. The standard InChI is InChI=1S/C13H22N2O/c1-4-12(15-5-7-16-8-6-15)13-11(14-13)9-10(2)3/h1,10-14H,5-9H2,2-3H3/t11-,12-,13+/m0/s1. The van der Waals surface area contributed by atoms with E-state index in [1.165, 1.54) is 6.42 Å². The van der Waals surface area contributed by atoms with Crippen molar-refractivity contribution in [3.8, 4) is 12.3 Å². The summed E-state index contributed by atoms with van der Waals surface area (Å²) < 4.78 is 5.36. The maximum absolute atomic E-state index is 5.67. The topological polar surface area (TPSA) is 34.4 Å². The van der Waals surface area contributed by atoms with Crippen molar-refractivity contribution < 1.29 is 4.74 Å². The second-order valence-corrected chi connectivity index (χ2v) is 5.19. The van der Waals surface area contributed by atoms with Crippen molar-refractivity contribution in [1.82, 2.24) is 10.2 Å². The smallest absolute Gasteiger partial charge is 0.0884 e. The van der Waals surface area contributed by atoms with Crippen LogP contribution in [0.3, 0.4) is 0 Å². The van der Waals surface area contributed by atoms with Crippen LogP contribution in [0.5, 0.6) is 0 Å². The largest absolute Gasteiger partial charge is 0.379 e. The van der Waals surface area contributed by atoms with Crippen molar-refractivity contribution in [2.24, 2.45) is 5.92 Å². The Morgan fingerprint density at radius 3 is 2.69 bits per heavy atom. The van der Waals surface area contributed by atoms with Gasteiger partial charge in [0.05, 0.1) is 19.3 Å². The molecular formula is C13H22N2O.